The molecule has 0 unspecified atom stereocenters. The van der Waals surface area contributed by atoms with Crippen LogP contribution in [-0.2, 0) is 4.74 Å². The number of nitrogens with zero attached hydrogens (tertiary/aromatic N) is 2. The summed E-state index contributed by atoms with van der Waals surface area (Å²) in [5.74, 6) is -0.0898. The molecule has 112 valence electrons. The predicted molar refractivity (Wildman–Crippen MR) is 86.3 cm³/mol. The van der Waals surface area contributed by atoms with Gasteiger partial charge in [-0.1, -0.05) is 43.0 Å². The Balaban J connectivity index is 2.07. The number of nitrogens with two attached hydrogens (primary N) is 1. The number of guanidine groups is 1. The smallest absolute Gasteiger partial charge is 0.320 e. The molecule has 0 radical (unpaired) electrons. The summed E-state index contributed by atoms with van der Waals surface area (Å²) in [5, 5.41) is 2.47. The Labute approximate surface area is 128 Å². The first-order valence-electron chi connectivity index (χ1n) is 6.60. The first-order valence-corrected chi connectivity index (χ1v) is 6.60. The minimum atomic E-state index is -0.357. The molecule has 0 fully saturated rings. The van der Waals surface area contributed by atoms with Gasteiger partial charge in [0.15, 0.2) is 0 Å². The Kier molecular flexibility index (Phi) is 5.25. The zero-order valence-electron chi connectivity index (χ0n) is 11.9. The van der Waals surface area contributed by atoms with E-state index in [1.54, 1.807) is 36.4 Å². The number of hydrogen-bond acceptors (Lipinski definition) is 4. The van der Waals surface area contributed by atoms with Crippen LogP contribution < -0.4 is 11.1 Å². The van der Waals surface area contributed by atoms with Gasteiger partial charge in [-0.2, -0.15) is 4.99 Å². The van der Waals surface area contributed by atoms with E-state index in [4.69, 9.17) is 10.5 Å². The quantitative estimate of drug-likeness (QED) is 0.611. The van der Waals surface area contributed by atoms with Gasteiger partial charge in [-0.15, -0.1) is 0 Å². The van der Waals surface area contributed by atoms with Gasteiger partial charge in [0.1, 0.15) is 5.76 Å². The highest BCUT2D eigenvalue weighted by atomic mass is 16.5. The molecular weight excluding hydrogens is 280 g/mol. The Morgan fingerprint density at radius 3 is 2.86 bits per heavy atom. The van der Waals surface area contributed by atoms with Crippen molar-refractivity contribution in [3.63, 3.8) is 0 Å². The number of rotatable bonds is 1. The van der Waals surface area contributed by atoms with Crippen molar-refractivity contribution >= 4 is 17.9 Å². The molecule has 0 aromatic heterocycles. The van der Waals surface area contributed by atoms with Crippen LogP contribution in [0.2, 0.25) is 0 Å². The number of amides is 1. The van der Waals surface area contributed by atoms with Crippen molar-refractivity contribution in [3.8, 4) is 0 Å². The van der Waals surface area contributed by atoms with Gasteiger partial charge in [-0.3, -0.25) is 10.1 Å². The van der Waals surface area contributed by atoms with Gasteiger partial charge in [0.05, 0.1) is 6.54 Å². The van der Waals surface area contributed by atoms with E-state index < -0.39 is 0 Å². The summed E-state index contributed by atoms with van der Waals surface area (Å²) in [7, 11) is 0. The van der Waals surface area contributed by atoms with Crippen molar-refractivity contribution in [1.29, 1.82) is 0 Å². The second-order valence-corrected chi connectivity index (χ2v) is 4.30. The number of hydrogen-bond donors (Lipinski definition) is 2. The molecule has 1 amide bonds. The molecule has 0 bridgehead atoms. The molecule has 0 atom stereocenters. The topological polar surface area (TPSA) is 89.1 Å². The molecule has 0 spiro atoms. The van der Waals surface area contributed by atoms with Crippen LogP contribution in [0.25, 0.3) is 0 Å². The van der Waals surface area contributed by atoms with Gasteiger partial charge < -0.3 is 10.5 Å². The summed E-state index contributed by atoms with van der Waals surface area (Å²) >= 11 is 0. The maximum absolute atomic E-state index is 11.9. The highest BCUT2D eigenvalue weighted by molar-refractivity contribution is 6.07. The number of carbonyl (C=O) groups excluding carboxylic acids is 1. The molecule has 0 saturated carbocycles. The standard InChI is InChI=1S/C16H16N4O2/c1-12-8-4-3-7-11-18-16(22-12)20-15(17)19-14(21)13-9-5-2-6-10-13/h2-10H,1,11H2,(H3,17,18,19,20,21)/b7-3-,8-4-. The zero-order valence-corrected chi connectivity index (χ0v) is 11.9. The number of nitrogens with one attached hydrogen (secondary N) is 1. The summed E-state index contributed by atoms with van der Waals surface area (Å²) in [6, 6.07) is 8.72. The summed E-state index contributed by atoms with van der Waals surface area (Å²) in [6.45, 7) is 4.09. The molecule has 6 nitrogen and oxygen atoms in total. The summed E-state index contributed by atoms with van der Waals surface area (Å²) in [5.41, 5.74) is 6.19. The van der Waals surface area contributed by atoms with E-state index in [0.717, 1.165) is 0 Å². The van der Waals surface area contributed by atoms with Gasteiger partial charge in [-0.05, 0) is 18.2 Å². The lowest BCUT2D eigenvalue weighted by Crippen LogP contribution is -2.37. The molecule has 6 heteroatoms. The Morgan fingerprint density at radius 2 is 2.09 bits per heavy atom. The van der Waals surface area contributed by atoms with Crippen LogP contribution in [0.4, 0.5) is 0 Å². The van der Waals surface area contributed by atoms with E-state index in [0.29, 0.717) is 17.9 Å². The van der Waals surface area contributed by atoms with Crippen LogP contribution in [0.3, 0.4) is 0 Å². The summed E-state index contributed by atoms with van der Waals surface area (Å²) in [4.78, 5) is 20.0. The molecule has 0 aliphatic carbocycles. The maximum Gasteiger partial charge on any atom is 0.320 e. The third-order valence-corrected chi connectivity index (χ3v) is 2.58. The third kappa shape index (κ3) is 4.75. The van der Waals surface area contributed by atoms with Crippen molar-refractivity contribution in [2.45, 2.75) is 0 Å². The fraction of sp³-hybridized carbons (Fsp3) is 0.0625. The predicted octanol–water partition coefficient (Wildman–Crippen LogP) is 1.74. The molecule has 22 heavy (non-hydrogen) atoms. The van der Waals surface area contributed by atoms with Gasteiger partial charge in [0, 0.05) is 5.56 Å². The van der Waals surface area contributed by atoms with E-state index in [1.165, 1.54) is 0 Å². The Bertz CT molecular complexity index is 673. The molecule has 2 rings (SSSR count). The fourth-order valence-corrected chi connectivity index (χ4v) is 1.58. The van der Waals surface area contributed by atoms with Gasteiger partial charge in [0.25, 0.3) is 5.91 Å². The van der Waals surface area contributed by atoms with E-state index in [-0.39, 0.29) is 17.9 Å². The number of aliphatic imine (C=N–C) groups is 2. The lowest BCUT2D eigenvalue weighted by Gasteiger charge is -2.06. The first kappa shape index (κ1) is 15.2. The van der Waals surface area contributed by atoms with Crippen LogP contribution in [0, 0.1) is 0 Å². The Hall–Kier alpha value is -3.15. The van der Waals surface area contributed by atoms with Crippen molar-refractivity contribution in [2.24, 2.45) is 15.7 Å². The molecule has 1 heterocycles. The second kappa shape index (κ2) is 7.58. The lowest BCUT2D eigenvalue weighted by molar-refractivity contribution is 0.0976. The average Bonchev–Trinajstić information content (AvgIpc) is 2.60. The van der Waals surface area contributed by atoms with Gasteiger partial charge in [0.2, 0.25) is 5.96 Å². The van der Waals surface area contributed by atoms with Crippen LogP contribution in [0.1, 0.15) is 10.4 Å². The Morgan fingerprint density at radius 1 is 1.32 bits per heavy atom. The molecule has 0 saturated heterocycles. The molecule has 1 aliphatic rings. The lowest BCUT2D eigenvalue weighted by atomic mass is 10.2. The van der Waals surface area contributed by atoms with Crippen LogP contribution in [0.15, 0.2) is 77.0 Å². The second-order valence-electron chi connectivity index (χ2n) is 4.30. The number of allylic oxidation sites excluding steroid dienone is 3. The van der Waals surface area contributed by atoms with Crippen molar-refractivity contribution < 1.29 is 9.53 Å². The molecule has 1 aromatic rings. The highest BCUT2D eigenvalue weighted by Gasteiger charge is 2.08. The molecular formula is C16H16N4O2. The summed E-state index contributed by atoms with van der Waals surface area (Å²) < 4.78 is 5.34. The fourth-order valence-electron chi connectivity index (χ4n) is 1.58. The van der Waals surface area contributed by atoms with E-state index in [9.17, 15) is 4.79 Å². The SMILES string of the molecule is C=C1/C=C\C=C/CN=C(/N=C(\N)NC(=O)c2ccccc2)O1. The van der Waals surface area contributed by atoms with Crippen LogP contribution >= 0.6 is 0 Å². The highest BCUT2D eigenvalue weighted by Crippen LogP contribution is 2.02. The minimum Gasteiger partial charge on any atom is -0.425 e. The van der Waals surface area contributed by atoms with Crippen LogP contribution in [-0.4, -0.2) is 24.4 Å². The van der Waals surface area contributed by atoms with Crippen molar-refractivity contribution in [1.82, 2.24) is 5.32 Å². The number of carbonyl (C=O) groups is 1. The average molecular weight is 296 g/mol. The number of ether oxygens (including phenoxy) is 1. The minimum absolute atomic E-state index is 0.0343. The monoisotopic (exact) mass is 296 g/mol. The number of amidine groups is 1. The molecule has 1 aromatic carbocycles. The zero-order chi connectivity index (χ0) is 15.8. The van der Waals surface area contributed by atoms with E-state index in [2.05, 4.69) is 21.9 Å². The molecule has 3 N–H and O–H groups in total. The third-order valence-electron chi connectivity index (χ3n) is 2.58. The van der Waals surface area contributed by atoms with E-state index in [1.807, 2.05) is 18.2 Å². The van der Waals surface area contributed by atoms with Gasteiger partial charge >= 0.3 is 6.02 Å². The normalized spacial score (nSPS) is 18.1. The van der Waals surface area contributed by atoms with Crippen LogP contribution in [0.5, 0.6) is 0 Å². The molecule has 1 aliphatic heterocycles. The summed E-state index contributed by atoms with van der Waals surface area (Å²) in [6.07, 6.45) is 7.11. The largest absolute Gasteiger partial charge is 0.425 e. The maximum atomic E-state index is 11.9. The first-order chi connectivity index (χ1) is 10.6. The van der Waals surface area contributed by atoms with Gasteiger partial charge in [-0.25, -0.2) is 4.99 Å². The van der Waals surface area contributed by atoms with E-state index >= 15 is 0 Å². The van der Waals surface area contributed by atoms with Crippen molar-refractivity contribution in [2.75, 3.05) is 6.54 Å². The van der Waals surface area contributed by atoms with Crippen molar-refractivity contribution in [3.05, 3.63) is 72.5 Å². The number of benzene rings is 1.